The number of nitrogens with two attached hydrogens (primary N) is 1. The Balaban J connectivity index is 2.36. The number of hydrogen-bond donors (Lipinski definition) is 1. The van der Waals surface area contributed by atoms with E-state index in [1.165, 1.54) is 32.6 Å². The first-order valence-corrected chi connectivity index (χ1v) is 7.66. The van der Waals surface area contributed by atoms with E-state index in [-0.39, 0.29) is 24.0 Å². The maximum atomic E-state index is 12.9. The van der Waals surface area contributed by atoms with Gasteiger partial charge in [-0.3, -0.25) is 18.7 Å². The Morgan fingerprint density at radius 1 is 1.15 bits per heavy atom. The van der Waals surface area contributed by atoms with Gasteiger partial charge in [-0.05, 0) is 18.2 Å². The highest BCUT2D eigenvalue weighted by Gasteiger charge is 2.18. The predicted octanol–water partition coefficient (Wildman–Crippen LogP) is 0.307. The summed E-state index contributed by atoms with van der Waals surface area (Å²) < 4.78 is 17.8. The summed E-state index contributed by atoms with van der Waals surface area (Å²) in [5.41, 5.74) is 4.29. The number of aromatic nitrogens is 2. The lowest BCUT2D eigenvalue weighted by molar-refractivity contribution is -0.118. The van der Waals surface area contributed by atoms with Crippen LogP contribution in [-0.2, 0) is 17.9 Å². The number of primary amides is 1. The van der Waals surface area contributed by atoms with Crippen LogP contribution in [0.15, 0.2) is 44.5 Å². The molecule has 9 heteroatoms. The van der Waals surface area contributed by atoms with E-state index in [9.17, 15) is 14.4 Å². The molecule has 0 aliphatic carbocycles. The van der Waals surface area contributed by atoms with Crippen LogP contribution in [0.1, 0.15) is 5.76 Å². The average Bonchev–Trinajstić information content (AvgIpc) is 3.14. The molecule has 26 heavy (non-hydrogen) atoms. The minimum Gasteiger partial charge on any atom is -0.493 e. The first kappa shape index (κ1) is 17.3. The van der Waals surface area contributed by atoms with Gasteiger partial charge in [0.15, 0.2) is 11.5 Å². The van der Waals surface area contributed by atoms with Crippen LogP contribution in [-0.4, -0.2) is 29.3 Å². The molecule has 1 amide bonds. The van der Waals surface area contributed by atoms with Crippen molar-refractivity contribution < 1.29 is 18.7 Å². The van der Waals surface area contributed by atoms with Gasteiger partial charge in [-0.1, -0.05) is 0 Å². The predicted molar refractivity (Wildman–Crippen MR) is 92.6 cm³/mol. The summed E-state index contributed by atoms with van der Waals surface area (Å²) in [6, 6.07) is 6.23. The summed E-state index contributed by atoms with van der Waals surface area (Å²) in [5, 5.41) is 0.190. The lowest BCUT2D eigenvalue weighted by Gasteiger charge is -2.15. The monoisotopic (exact) mass is 359 g/mol. The molecule has 0 spiro atoms. The first-order chi connectivity index (χ1) is 12.5. The summed E-state index contributed by atoms with van der Waals surface area (Å²) in [6.07, 6.45) is 1.44. The zero-order chi connectivity index (χ0) is 18.8. The van der Waals surface area contributed by atoms with Gasteiger partial charge in [-0.15, -0.1) is 0 Å². The maximum Gasteiger partial charge on any atom is 0.332 e. The fourth-order valence-corrected chi connectivity index (χ4v) is 2.75. The number of hydrogen-bond acceptors (Lipinski definition) is 6. The van der Waals surface area contributed by atoms with E-state index in [1.807, 2.05) is 0 Å². The molecule has 3 rings (SSSR count). The number of methoxy groups -OCH3 is 2. The molecule has 3 aromatic rings. The Kier molecular flexibility index (Phi) is 4.53. The van der Waals surface area contributed by atoms with Crippen molar-refractivity contribution in [2.24, 2.45) is 5.73 Å². The lowest BCUT2D eigenvalue weighted by Crippen LogP contribution is -2.42. The molecule has 0 saturated heterocycles. The highest BCUT2D eigenvalue weighted by atomic mass is 16.5. The summed E-state index contributed by atoms with van der Waals surface area (Å²) in [7, 11) is 2.86. The third kappa shape index (κ3) is 2.94. The van der Waals surface area contributed by atoms with Crippen LogP contribution in [0.4, 0.5) is 0 Å². The van der Waals surface area contributed by atoms with Crippen molar-refractivity contribution >= 4 is 16.8 Å². The molecule has 2 N–H and O–H groups in total. The molecular weight excluding hydrogens is 342 g/mol. The molecule has 2 heterocycles. The van der Waals surface area contributed by atoms with Gasteiger partial charge >= 0.3 is 5.69 Å². The summed E-state index contributed by atoms with van der Waals surface area (Å²) in [6.45, 7) is -0.461. The van der Waals surface area contributed by atoms with Gasteiger partial charge in [-0.2, -0.15) is 0 Å². The number of ether oxygens (including phenoxy) is 2. The molecular formula is C17H17N3O6. The highest BCUT2D eigenvalue weighted by Crippen LogP contribution is 2.30. The Labute approximate surface area is 147 Å². The number of carbonyl (C=O) groups excluding carboxylic acids is 1. The number of amides is 1. The zero-order valence-corrected chi connectivity index (χ0v) is 14.2. The van der Waals surface area contributed by atoms with Crippen LogP contribution in [0.25, 0.3) is 10.9 Å². The number of carbonyl (C=O) groups is 1. The molecule has 0 aliphatic rings. The third-order valence-corrected chi connectivity index (χ3v) is 3.94. The number of rotatable bonds is 6. The summed E-state index contributed by atoms with van der Waals surface area (Å²) >= 11 is 0. The number of benzene rings is 1. The molecule has 136 valence electrons. The Bertz CT molecular complexity index is 1080. The highest BCUT2D eigenvalue weighted by molar-refractivity contribution is 5.84. The standard InChI is InChI=1S/C17H17N3O6/c1-24-13-6-11-12(7-14(13)25-2)19(9-15(18)21)17(23)20(16(11)22)8-10-4-3-5-26-10/h3-7H,8-9H2,1-2H3,(H2,18,21). The van der Waals surface area contributed by atoms with Crippen molar-refractivity contribution in [3.8, 4) is 11.5 Å². The van der Waals surface area contributed by atoms with Crippen LogP contribution in [0, 0.1) is 0 Å². The smallest absolute Gasteiger partial charge is 0.332 e. The van der Waals surface area contributed by atoms with Gasteiger partial charge in [0.2, 0.25) is 5.91 Å². The van der Waals surface area contributed by atoms with E-state index in [2.05, 4.69) is 0 Å². The fourth-order valence-electron chi connectivity index (χ4n) is 2.75. The van der Waals surface area contributed by atoms with Crippen molar-refractivity contribution in [2.75, 3.05) is 14.2 Å². The van der Waals surface area contributed by atoms with E-state index in [0.717, 1.165) is 9.13 Å². The molecule has 0 atom stereocenters. The fraction of sp³-hybridized carbons (Fsp3) is 0.235. The molecule has 0 fully saturated rings. The number of nitrogens with zero attached hydrogens (tertiary/aromatic N) is 2. The number of fused-ring (bicyclic) bond motifs is 1. The van der Waals surface area contributed by atoms with Crippen molar-refractivity contribution in [1.29, 1.82) is 0 Å². The second-order valence-electron chi connectivity index (χ2n) is 5.53. The van der Waals surface area contributed by atoms with Gasteiger partial charge in [0.05, 0.1) is 37.9 Å². The molecule has 0 saturated carbocycles. The maximum absolute atomic E-state index is 12.9. The molecule has 1 aromatic carbocycles. The summed E-state index contributed by atoms with van der Waals surface area (Å²) in [5.74, 6) is 0.354. The average molecular weight is 359 g/mol. The zero-order valence-electron chi connectivity index (χ0n) is 14.2. The van der Waals surface area contributed by atoms with Crippen LogP contribution in [0.5, 0.6) is 11.5 Å². The van der Waals surface area contributed by atoms with Gasteiger partial charge in [0.1, 0.15) is 12.3 Å². The molecule has 2 aromatic heterocycles. The Morgan fingerprint density at radius 2 is 1.85 bits per heavy atom. The second kappa shape index (κ2) is 6.79. The van der Waals surface area contributed by atoms with E-state index in [0.29, 0.717) is 17.3 Å². The largest absolute Gasteiger partial charge is 0.493 e. The van der Waals surface area contributed by atoms with Gasteiger partial charge in [-0.25, -0.2) is 4.79 Å². The third-order valence-electron chi connectivity index (χ3n) is 3.94. The van der Waals surface area contributed by atoms with E-state index < -0.39 is 17.2 Å². The van der Waals surface area contributed by atoms with Gasteiger partial charge in [0, 0.05) is 6.07 Å². The summed E-state index contributed by atoms with van der Waals surface area (Å²) in [4.78, 5) is 37.2. The van der Waals surface area contributed by atoms with Crippen LogP contribution in [0.3, 0.4) is 0 Å². The number of furan rings is 1. The Morgan fingerprint density at radius 3 is 2.42 bits per heavy atom. The van der Waals surface area contributed by atoms with Crippen LogP contribution >= 0.6 is 0 Å². The topological polar surface area (TPSA) is 119 Å². The quantitative estimate of drug-likeness (QED) is 0.676. The molecule has 0 unspecified atom stereocenters. The minimum absolute atomic E-state index is 0.0757. The van der Waals surface area contributed by atoms with Crippen molar-refractivity contribution in [3.63, 3.8) is 0 Å². The molecule has 0 radical (unpaired) electrons. The second-order valence-corrected chi connectivity index (χ2v) is 5.53. The van der Waals surface area contributed by atoms with E-state index >= 15 is 0 Å². The van der Waals surface area contributed by atoms with Crippen molar-refractivity contribution in [1.82, 2.24) is 9.13 Å². The molecule has 0 aliphatic heterocycles. The minimum atomic E-state index is -0.716. The van der Waals surface area contributed by atoms with Crippen LogP contribution in [0.2, 0.25) is 0 Å². The lowest BCUT2D eigenvalue weighted by atomic mass is 10.2. The van der Waals surface area contributed by atoms with E-state index in [1.54, 1.807) is 12.1 Å². The van der Waals surface area contributed by atoms with Gasteiger partial charge < -0.3 is 19.6 Å². The molecule has 0 bridgehead atoms. The SMILES string of the molecule is COc1cc2c(=O)n(Cc3ccco3)c(=O)n(CC(N)=O)c2cc1OC. The van der Waals surface area contributed by atoms with E-state index in [4.69, 9.17) is 19.6 Å². The van der Waals surface area contributed by atoms with Gasteiger partial charge in [0.25, 0.3) is 5.56 Å². The van der Waals surface area contributed by atoms with Crippen molar-refractivity contribution in [2.45, 2.75) is 13.1 Å². The first-order valence-electron chi connectivity index (χ1n) is 7.66. The Hall–Kier alpha value is -3.49. The normalized spacial score (nSPS) is 10.8. The van der Waals surface area contributed by atoms with Crippen LogP contribution < -0.4 is 26.5 Å². The molecule has 9 nitrogen and oxygen atoms in total. The van der Waals surface area contributed by atoms with Crippen molar-refractivity contribution in [3.05, 3.63) is 57.1 Å².